The summed E-state index contributed by atoms with van der Waals surface area (Å²) in [6.45, 7) is 2.24. The van der Waals surface area contributed by atoms with Crippen LogP contribution in [-0.2, 0) is 0 Å². The van der Waals surface area contributed by atoms with Crippen LogP contribution in [0.25, 0.3) is 0 Å². The standard InChI is InChI=1S/C15H21NO/c1-10(12-5-3-4-6-15(12)17-2)16-14-8-7-11-9-13(11)14/h3-6,10-11,13-14,16H,7-9H2,1-2H3/t10-,11+,13-,14?/m1/s1. The highest BCUT2D eigenvalue weighted by atomic mass is 16.5. The third kappa shape index (κ3) is 2.06. The molecule has 92 valence electrons. The minimum Gasteiger partial charge on any atom is -0.496 e. The summed E-state index contributed by atoms with van der Waals surface area (Å²) in [4.78, 5) is 0. The lowest BCUT2D eigenvalue weighted by molar-refractivity contribution is 0.385. The van der Waals surface area contributed by atoms with E-state index in [-0.39, 0.29) is 0 Å². The first kappa shape index (κ1) is 11.1. The highest BCUT2D eigenvalue weighted by molar-refractivity contribution is 5.35. The summed E-state index contributed by atoms with van der Waals surface area (Å²) < 4.78 is 5.43. The number of ether oxygens (including phenoxy) is 1. The van der Waals surface area contributed by atoms with E-state index in [1.807, 2.05) is 12.1 Å². The van der Waals surface area contributed by atoms with Gasteiger partial charge in [-0.1, -0.05) is 18.2 Å². The number of hydrogen-bond acceptors (Lipinski definition) is 2. The van der Waals surface area contributed by atoms with E-state index in [9.17, 15) is 0 Å². The zero-order valence-corrected chi connectivity index (χ0v) is 10.6. The van der Waals surface area contributed by atoms with Crippen molar-refractivity contribution in [1.82, 2.24) is 5.32 Å². The van der Waals surface area contributed by atoms with Crippen molar-refractivity contribution in [3.05, 3.63) is 29.8 Å². The largest absolute Gasteiger partial charge is 0.496 e. The Kier molecular flexibility index (Phi) is 2.83. The normalized spacial score (nSPS) is 32.0. The lowest BCUT2D eigenvalue weighted by Gasteiger charge is -2.22. The number of benzene rings is 1. The van der Waals surface area contributed by atoms with E-state index in [4.69, 9.17) is 4.74 Å². The van der Waals surface area contributed by atoms with Crippen molar-refractivity contribution >= 4 is 0 Å². The van der Waals surface area contributed by atoms with Gasteiger partial charge in [0.1, 0.15) is 5.75 Å². The van der Waals surface area contributed by atoms with Gasteiger partial charge in [0.15, 0.2) is 0 Å². The van der Waals surface area contributed by atoms with Crippen molar-refractivity contribution in [2.75, 3.05) is 7.11 Å². The fourth-order valence-corrected chi connectivity index (χ4v) is 3.35. The second-order valence-electron chi connectivity index (χ2n) is 5.47. The van der Waals surface area contributed by atoms with Crippen molar-refractivity contribution < 1.29 is 4.74 Å². The Morgan fingerprint density at radius 1 is 1.29 bits per heavy atom. The molecule has 1 aromatic rings. The summed E-state index contributed by atoms with van der Waals surface area (Å²) in [7, 11) is 1.75. The van der Waals surface area contributed by atoms with Gasteiger partial charge in [0.2, 0.25) is 0 Å². The number of methoxy groups -OCH3 is 1. The molecule has 17 heavy (non-hydrogen) atoms. The second-order valence-corrected chi connectivity index (χ2v) is 5.47. The number of fused-ring (bicyclic) bond motifs is 1. The number of para-hydroxylation sites is 1. The quantitative estimate of drug-likeness (QED) is 0.859. The van der Waals surface area contributed by atoms with Crippen LogP contribution in [0.5, 0.6) is 5.75 Å². The van der Waals surface area contributed by atoms with Gasteiger partial charge in [0, 0.05) is 17.6 Å². The summed E-state index contributed by atoms with van der Waals surface area (Å²) in [6, 6.07) is 9.44. The predicted octanol–water partition coefficient (Wildman–Crippen LogP) is 3.14. The average Bonchev–Trinajstić information content (AvgIpc) is 3.05. The maximum atomic E-state index is 5.43. The fourth-order valence-electron chi connectivity index (χ4n) is 3.35. The molecule has 0 saturated heterocycles. The Bertz CT molecular complexity index is 404. The molecule has 1 aromatic carbocycles. The molecule has 1 unspecified atom stereocenters. The number of hydrogen-bond donors (Lipinski definition) is 1. The Morgan fingerprint density at radius 3 is 2.76 bits per heavy atom. The summed E-state index contributed by atoms with van der Waals surface area (Å²) >= 11 is 0. The minimum absolute atomic E-state index is 0.385. The molecule has 0 aliphatic heterocycles. The van der Waals surface area contributed by atoms with Crippen LogP contribution in [0.3, 0.4) is 0 Å². The van der Waals surface area contributed by atoms with Gasteiger partial charge in [-0.15, -0.1) is 0 Å². The lowest BCUT2D eigenvalue weighted by atomic mass is 10.0. The van der Waals surface area contributed by atoms with Crippen molar-refractivity contribution in [1.29, 1.82) is 0 Å². The van der Waals surface area contributed by atoms with Crippen molar-refractivity contribution in [3.63, 3.8) is 0 Å². The van der Waals surface area contributed by atoms with E-state index in [1.165, 1.54) is 24.8 Å². The van der Waals surface area contributed by atoms with Crippen LogP contribution in [0.1, 0.15) is 37.8 Å². The third-order valence-corrected chi connectivity index (χ3v) is 4.41. The molecule has 0 spiro atoms. The van der Waals surface area contributed by atoms with E-state index >= 15 is 0 Å². The first-order valence-electron chi connectivity index (χ1n) is 6.68. The lowest BCUT2D eigenvalue weighted by Crippen LogP contribution is -2.31. The minimum atomic E-state index is 0.385. The third-order valence-electron chi connectivity index (χ3n) is 4.41. The molecule has 3 rings (SSSR count). The highest BCUT2D eigenvalue weighted by Crippen LogP contribution is 2.52. The van der Waals surface area contributed by atoms with E-state index in [2.05, 4.69) is 24.4 Å². The molecule has 2 heteroatoms. The van der Waals surface area contributed by atoms with Gasteiger partial charge < -0.3 is 10.1 Å². The molecular formula is C15H21NO. The van der Waals surface area contributed by atoms with Gasteiger partial charge in [-0.25, -0.2) is 0 Å². The summed E-state index contributed by atoms with van der Waals surface area (Å²) in [6.07, 6.45) is 4.24. The molecule has 2 saturated carbocycles. The van der Waals surface area contributed by atoms with E-state index in [0.29, 0.717) is 6.04 Å². The summed E-state index contributed by atoms with van der Waals surface area (Å²) in [5.74, 6) is 3.00. The zero-order valence-electron chi connectivity index (χ0n) is 10.6. The fraction of sp³-hybridized carbons (Fsp3) is 0.600. The molecule has 0 amide bonds. The molecule has 0 heterocycles. The van der Waals surface area contributed by atoms with Crippen LogP contribution < -0.4 is 10.1 Å². The predicted molar refractivity (Wildman–Crippen MR) is 69.2 cm³/mol. The van der Waals surface area contributed by atoms with Crippen LogP contribution in [-0.4, -0.2) is 13.2 Å². The molecule has 4 atom stereocenters. The van der Waals surface area contributed by atoms with E-state index in [0.717, 1.165) is 23.6 Å². The van der Waals surface area contributed by atoms with Crippen LogP contribution in [0.2, 0.25) is 0 Å². The molecule has 2 nitrogen and oxygen atoms in total. The Morgan fingerprint density at radius 2 is 2.12 bits per heavy atom. The second kappa shape index (κ2) is 4.34. The highest BCUT2D eigenvalue weighted by Gasteiger charge is 2.48. The summed E-state index contributed by atoms with van der Waals surface area (Å²) in [5.41, 5.74) is 1.28. The molecule has 0 bridgehead atoms. The maximum absolute atomic E-state index is 5.43. The van der Waals surface area contributed by atoms with Gasteiger partial charge in [0.05, 0.1) is 7.11 Å². The molecule has 0 aromatic heterocycles. The molecule has 2 fully saturated rings. The van der Waals surface area contributed by atoms with Gasteiger partial charge in [-0.2, -0.15) is 0 Å². The van der Waals surface area contributed by atoms with Crippen molar-refractivity contribution in [2.24, 2.45) is 11.8 Å². The van der Waals surface area contributed by atoms with E-state index < -0.39 is 0 Å². The van der Waals surface area contributed by atoms with Gasteiger partial charge >= 0.3 is 0 Å². The summed E-state index contributed by atoms with van der Waals surface area (Å²) in [5, 5.41) is 3.78. The SMILES string of the molecule is COc1ccccc1[C@@H](C)NC1CC[C@H]2C[C@@H]12. The monoisotopic (exact) mass is 231 g/mol. The van der Waals surface area contributed by atoms with Gasteiger partial charge in [-0.3, -0.25) is 0 Å². The zero-order chi connectivity index (χ0) is 11.8. The first-order chi connectivity index (χ1) is 8.29. The molecule has 0 radical (unpaired) electrons. The molecule has 2 aliphatic carbocycles. The maximum Gasteiger partial charge on any atom is 0.123 e. The van der Waals surface area contributed by atoms with Crippen LogP contribution in [0, 0.1) is 11.8 Å². The topological polar surface area (TPSA) is 21.3 Å². The number of nitrogens with one attached hydrogen (secondary N) is 1. The Hall–Kier alpha value is -1.02. The molecule has 1 N–H and O–H groups in total. The Labute approximate surface area is 103 Å². The van der Waals surface area contributed by atoms with Gasteiger partial charge in [-0.05, 0) is 44.1 Å². The smallest absolute Gasteiger partial charge is 0.123 e. The van der Waals surface area contributed by atoms with Crippen molar-refractivity contribution in [2.45, 2.75) is 38.3 Å². The molecule has 2 aliphatic rings. The van der Waals surface area contributed by atoms with Crippen LogP contribution >= 0.6 is 0 Å². The Balaban J connectivity index is 1.70. The first-order valence-corrected chi connectivity index (χ1v) is 6.68. The van der Waals surface area contributed by atoms with Crippen molar-refractivity contribution in [3.8, 4) is 5.75 Å². The van der Waals surface area contributed by atoms with Gasteiger partial charge in [0.25, 0.3) is 0 Å². The van der Waals surface area contributed by atoms with Crippen LogP contribution in [0.4, 0.5) is 0 Å². The average molecular weight is 231 g/mol. The number of rotatable bonds is 4. The van der Waals surface area contributed by atoms with E-state index in [1.54, 1.807) is 7.11 Å². The van der Waals surface area contributed by atoms with Crippen LogP contribution in [0.15, 0.2) is 24.3 Å². The molecular weight excluding hydrogens is 210 g/mol.